The molecule has 0 atom stereocenters. The molecule has 0 N–H and O–H groups in total. The summed E-state index contributed by atoms with van der Waals surface area (Å²) in [6.07, 6.45) is 3.92. The molecule has 4 heteroatoms. The van der Waals surface area contributed by atoms with Gasteiger partial charge in [-0.25, -0.2) is 0 Å². The molecule has 0 saturated carbocycles. The number of fused-ring (bicyclic) bond motifs is 1. The molecule has 2 aromatic rings. The normalized spacial score (nSPS) is 14.3. The molecule has 1 aliphatic rings. The van der Waals surface area contributed by atoms with Crippen molar-refractivity contribution in [1.29, 1.82) is 0 Å². The van der Waals surface area contributed by atoms with Crippen molar-refractivity contribution in [2.24, 2.45) is 4.99 Å². The molecule has 0 saturated heterocycles. The molecule has 1 aliphatic heterocycles. The van der Waals surface area contributed by atoms with Crippen molar-refractivity contribution >= 4 is 23.4 Å². The van der Waals surface area contributed by atoms with E-state index in [0.29, 0.717) is 0 Å². The minimum Gasteiger partial charge on any atom is -0.545 e. The molecule has 116 valence electrons. The van der Waals surface area contributed by atoms with Crippen molar-refractivity contribution < 1.29 is 9.90 Å². The van der Waals surface area contributed by atoms with Crippen LogP contribution in [-0.4, -0.2) is 31.8 Å². The van der Waals surface area contributed by atoms with E-state index in [1.807, 2.05) is 24.3 Å². The zero-order chi connectivity index (χ0) is 16.2. The quantitative estimate of drug-likeness (QED) is 0.871. The van der Waals surface area contributed by atoms with Gasteiger partial charge in [0.1, 0.15) is 0 Å². The summed E-state index contributed by atoms with van der Waals surface area (Å²) in [4.78, 5) is 17.6. The number of carboxylic acid groups (broad SMARTS) is 1. The average molecular weight is 305 g/mol. The highest BCUT2D eigenvalue weighted by Gasteiger charge is 2.13. The monoisotopic (exact) mass is 305 g/mol. The highest BCUT2D eigenvalue weighted by molar-refractivity contribution is 6.14. The standard InChI is InChI=1S/C19H18N2O2/c1-21-13-12-20-17(16-4-2-3-5-18(16)21)11-8-14-6-9-15(10-7-14)19(22)23/h2-11H,12-13H2,1H3,(H,22,23)/p-1/b11-8+. The maximum atomic E-state index is 10.8. The van der Waals surface area contributed by atoms with Crippen LogP contribution in [0.2, 0.25) is 0 Å². The van der Waals surface area contributed by atoms with E-state index < -0.39 is 5.97 Å². The highest BCUT2D eigenvalue weighted by Crippen LogP contribution is 2.23. The van der Waals surface area contributed by atoms with E-state index in [-0.39, 0.29) is 5.56 Å². The van der Waals surface area contributed by atoms with Gasteiger partial charge in [0.15, 0.2) is 0 Å². The van der Waals surface area contributed by atoms with E-state index in [0.717, 1.165) is 29.9 Å². The summed E-state index contributed by atoms with van der Waals surface area (Å²) in [6.45, 7) is 1.63. The number of benzene rings is 2. The molecule has 0 bridgehead atoms. The molecule has 0 aliphatic carbocycles. The smallest absolute Gasteiger partial charge is 0.0715 e. The minimum atomic E-state index is -1.16. The molecule has 3 rings (SSSR count). The Hall–Kier alpha value is -2.88. The van der Waals surface area contributed by atoms with Crippen molar-refractivity contribution in [3.63, 3.8) is 0 Å². The van der Waals surface area contributed by atoms with Crippen molar-refractivity contribution in [2.75, 3.05) is 25.0 Å². The maximum absolute atomic E-state index is 10.8. The Bertz CT molecular complexity index is 776. The van der Waals surface area contributed by atoms with Gasteiger partial charge in [-0.1, -0.05) is 48.5 Å². The molecular formula is C19H17N2O2-. The molecule has 0 aromatic heterocycles. The van der Waals surface area contributed by atoms with Crippen LogP contribution in [0.4, 0.5) is 5.69 Å². The number of carbonyl (C=O) groups excluding carboxylic acids is 1. The zero-order valence-corrected chi connectivity index (χ0v) is 12.9. The lowest BCUT2D eigenvalue weighted by Crippen LogP contribution is -2.21. The van der Waals surface area contributed by atoms with E-state index in [2.05, 4.69) is 29.1 Å². The van der Waals surface area contributed by atoms with Crippen molar-refractivity contribution in [1.82, 2.24) is 0 Å². The number of allylic oxidation sites excluding steroid dienone is 1. The SMILES string of the molecule is CN1CCN=C(/C=C/c2ccc(C(=O)[O-])cc2)c2ccccc21. The number of hydrogen-bond donors (Lipinski definition) is 0. The number of rotatable bonds is 3. The first-order chi connectivity index (χ1) is 11.1. The Morgan fingerprint density at radius 1 is 1.13 bits per heavy atom. The fraction of sp³-hybridized carbons (Fsp3) is 0.158. The first kappa shape index (κ1) is 15.0. The summed E-state index contributed by atoms with van der Waals surface area (Å²) >= 11 is 0. The van der Waals surface area contributed by atoms with Gasteiger partial charge in [-0.3, -0.25) is 4.99 Å². The van der Waals surface area contributed by atoms with Crippen LogP contribution < -0.4 is 10.0 Å². The Kier molecular flexibility index (Phi) is 4.24. The van der Waals surface area contributed by atoms with Crippen molar-refractivity contribution in [3.8, 4) is 0 Å². The van der Waals surface area contributed by atoms with E-state index in [4.69, 9.17) is 0 Å². The van der Waals surface area contributed by atoms with Gasteiger partial charge >= 0.3 is 0 Å². The third-order valence-corrected chi connectivity index (χ3v) is 3.89. The van der Waals surface area contributed by atoms with Crippen LogP contribution >= 0.6 is 0 Å². The van der Waals surface area contributed by atoms with E-state index in [9.17, 15) is 9.90 Å². The van der Waals surface area contributed by atoms with Crippen LogP contribution in [0.5, 0.6) is 0 Å². The van der Waals surface area contributed by atoms with Gasteiger partial charge in [-0.05, 0) is 23.3 Å². The molecule has 0 fully saturated rings. The van der Waals surface area contributed by atoms with Crippen LogP contribution in [0.1, 0.15) is 21.5 Å². The predicted molar refractivity (Wildman–Crippen MR) is 90.9 cm³/mol. The van der Waals surface area contributed by atoms with Gasteiger partial charge < -0.3 is 14.8 Å². The van der Waals surface area contributed by atoms with Gasteiger partial charge in [0.25, 0.3) is 0 Å². The third kappa shape index (κ3) is 3.31. The summed E-state index contributed by atoms with van der Waals surface area (Å²) in [7, 11) is 2.07. The van der Waals surface area contributed by atoms with Crippen LogP contribution in [0.25, 0.3) is 6.08 Å². The number of nitrogens with zero attached hydrogens (tertiary/aromatic N) is 2. The van der Waals surface area contributed by atoms with Gasteiger partial charge in [0, 0.05) is 24.8 Å². The van der Waals surface area contributed by atoms with E-state index in [1.54, 1.807) is 24.3 Å². The Balaban J connectivity index is 1.88. The lowest BCUT2D eigenvalue weighted by atomic mass is 10.1. The topological polar surface area (TPSA) is 55.7 Å². The van der Waals surface area contributed by atoms with Crippen LogP contribution in [0.3, 0.4) is 0 Å². The lowest BCUT2D eigenvalue weighted by molar-refractivity contribution is -0.255. The van der Waals surface area contributed by atoms with Crippen LogP contribution in [0.15, 0.2) is 59.6 Å². The number of carboxylic acids is 1. The van der Waals surface area contributed by atoms with E-state index in [1.165, 1.54) is 5.69 Å². The number of benzodiazepines with no additional fused rings is 1. The van der Waals surface area contributed by atoms with Gasteiger partial charge in [-0.15, -0.1) is 0 Å². The highest BCUT2D eigenvalue weighted by atomic mass is 16.4. The molecule has 2 aromatic carbocycles. The Labute approximate surface area is 135 Å². The zero-order valence-electron chi connectivity index (χ0n) is 12.9. The van der Waals surface area contributed by atoms with Crippen molar-refractivity contribution in [3.05, 3.63) is 71.3 Å². The first-order valence-corrected chi connectivity index (χ1v) is 7.49. The fourth-order valence-electron chi connectivity index (χ4n) is 2.60. The predicted octanol–water partition coefficient (Wildman–Crippen LogP) is 2.00. The second-order valence-electron chi connectivity index (χ2n) is 5.45. The molecular weight excluding hydrogens is 288 g/mol. The summed E-state index contributed by atoms with van der Waals surface area (Å²) in [5, 5.41) is 10.8. The number of anilines is 1. The second kappa shape index (κ2) is 6.48. The number of aromatic carboxylic acids is 1. The lowest BCUT2D eigenvalue weighted by Gasteiger charge is -2.18. The Morgan fingerprint density at radius 2 is 1.87 bits per heavy atom. The summed E-state index contributed by atoms with van der Waals surface area (Å²) in [5.74, 6) is -1.16. The average Bonchev–Trinajstić information content (AvgIpc) is 2.73. The van der Waals surface area contributed by atoms with E-state index >= 15 is 0 Å². The van der Waals surface area contributed by atoms with Crippen molar-refractivity contribution in [2.45, 2.75) is 0 Å². The minimum absolute atomic E-state index is 0.181. The number of carbonyl (C=O) groups is 1. The Morgan fingerprint density at radius 3 is 2.61 bits per heavy atom. The summed E-state index contributed by atoms with van der Waals surface area (Å²) in [5.41, 5.74) is 4.32. The molecule has 4 nitrogen and oxygen atoms in total. The number of hydrogen-bond acceptors (Lipinski definition) is 4. The van der Waals surface area contributed by atoms with Gasteiger partial charge in [0.2, 0.25) is 0 Å². The maximum Gasteiger partial charge on any atom is 0.0715 e. The summed E-state index contributed by atoms with van der Waals surface area (Å²) in [6, 6.07) is 14.8. The summed E-state index contributed by atoms with van der Waals surface area (Å²) < 4.78 is 0. The van der Waals surface area contributed by atoms with Gasteiger partial charge in [-0.2, -0.15) is 0 Å². The van der Waals surface area contributed by atoms with Crippen LogP contribution in [-0.2, 0) is 0 Å². The number of likely N-dealkylation sites (N-methyl/N-ethyl adjacent to an activating group) is 1. The largest absolute Gasteiger partial charge is 0.545 e. The molecule has 0 spiro atoms. The fourth-order valence-corrected chi connectivity index (χ4v) is 2.60. The first-order valence-electron chi connectivity index (χ1n) is 7.49. The van der Waals surface area contributed by atoms with Gasteiger partial charge in [0.05, 0.1) is 18.2 Å². The molecule has 0 unspecified atom stereocenters. The number of para-hydroxylation sites is 1. The molecule has 0 radical (unpaired) electrons. The molecule has 0 amide bonds. The third-order valence-electron chi connectivity index (χ3n) is 3.89. The number of aliphatic imine (C=N–C) groups is 1. The second-order valence-corrected chi connectivity index (χ2v) is 5.45. The molecule has 1 heterocycles. The van der Waals surface area contributed by atoms with Crippen LogP contribution in [0, 0.1) is 0 Å². The molecule has 23 heavy (non-hydrogen) atoms.